The second-order valence-electron chi connectivity index (χ2n) is 7.62. The number of fused-ring (bicyclic) bond motifs is 1. The SMILES string of the molecule is Cc1ccc(S(=O)(=O)N[C@@H](C)C(=O)OCC(=O)NC(C)c2cccc3ccccc23)cc1. The van der Waals surface area contributed by atoms with Gasteiger partial charge < -0.3 is 10.1 Å². The Morgan fingerprint density at radius 3 is 2.31 bits per heavy atom. The monoisotopic (exact) mass is 454 g/mol. The Balaban J connectivity index is 1.54. The molecule has 168 valence electrons. The quantitative estimate of drug-likeness (QED) is 0.509. The smallest absolute Gasteiger partial charge is 0.324 e. The average molecular weight is 455 g/mol. The Morgan fingerprint density at radius 1 is 0.938 bits per heavy atom. The zero-order valence-electron chi connectivity index (χ0n) is 18.2. The molecule has 8 heteroatoms. The molecule has 0 heterocycles. The van der Waals surface area contributed by atoms with Crippen molar-refractivity contribution in [2.45, 2.75) is 37.8 Å². The van der Waals surface area contributed by atoms with Gasteiger partial charge in [0.05, 0.1) is 10.9 Å². The predicted octanol–water partition coefficient (Wildman–Crippen LogP) is 3.24. The van der Waals surface area contributed by atoms with Gasteiger partial charge in [-0.05, 0) is 49.2 Å². The summed E-state index contributed by atoms with van der Waals surface area (Å²) in [6, 6.07) is 18.5. The number of benzene rings is 3. The van der Waals surface area contributed by atoms with E-state index >= 15 is 0 Å². The maximum Gasteiger partial charge on any atom is 0.324 e. The van der Waals surface area contributed by atoms with E-state index in [0.29, 0.717) is 0 Å². The summed E-state index contributed by atoms with van der Waals surface area (Å²) in [7, 11) is -3.89. The fraction of sp³-hybridized carbons (Fsp3) is 0.250. The summed E-state index contributed by atoms with van der Waals surface area (Å²) < 4.78 is 32.1. The van der Waals surface area contributed by atoms with Crippen molar-refractivity contribution in [3.63, 3.8) is 0 Å². The topological polar surface area (TPSA) is 102 Å². The third-order valence-electron chi connectivity index (χ3n) is 5.03. The molecule has 0 fully saturated rings. The van der Waals surface area contributed by atoms with Gasteiger partial charge in [0.15, 0.2) is 6.61 Å². The Morgan fingerprint density at radius 2 is 1.59 bits per heavy atom. The number of amides is 1. The minimum Gasteiger partial charge on any atom is -0.454 e. The highest BCUT2D eigenvalue weighted by atomic mass is 32.2. The second-order valence-corrected chi connectivity index (χ2v) is 9.34. The van der Waals surface area contributed by atoms with E-state index in [1.807, 2.05) is 56.3 Å². The van der Waals surface area contributed by atoms with Gasteiger partial charge in [-0.25, -0.2) is 8.42 Å². The van der Waals surface area contributed by atoms with Gasteiger partial charge in [0.25, 0.3) is 5.91 Å². The van der Waals surface area contributed by atoms with E-state index in [-0.39, 0.29) is 10.9 Å². The second kappa shape index (κ2) is 9.93. The van der Waals surface area contributed by atoms with Crippen LogP contribution in [0.2, 0.25) is 0 Å². The standard InChI is InChI=1S/C24H26N2O5S/c1-16-11-13-20(14-12-16)32(29,30)26-18(3)24(28)31-15-23(27)25-17(2)21-10-6-8-19-7-4-5-9-22(19)21/h4-14,17-18,26H,15H2,1-3H3,(H,25,27)/t17?,18-/m0/s1. The van der Waals surface area contributed by atoms with Crippen molar-refractivity contribution in [2.24, 2.45) is 0 Å². The highest BCUT2D eigenvalue weighted by Gasteiger charge is 2.24. The first-order valence-corrected chi connectivity index (χ1v) is 11.7. The molecule has 1 amide bonds. The molecule has 0 saturated carbocycles. The number of nitrogens with one attached hydrogen (secondary N) is 2. The Kier molecular flexibility index (Phi) is 7.27. The van der Waals surface area contributed by atoms with Gasteiger partial charge in [-0.3, -0.25) is 9.59 Å². The first-order valence-electron chi connectivity index (χ1n) is 10.2. The lowest BCUT2D eigenvalue weighted by atomic mass is 10.00. The Labute approximate surface area is 187 Å². The first-order chi connectivity index (χ1) is 15.2. The molecule has 0 saturated heterocycles. The first kappa shape index (κ1) is 23.4. The lowest BCUT2D eigenvalue weighted by Crippen LogP contribution is -2.41. The molecule has 3 rings (SSSR count). The minimum absolute atomic E-state index is 0.0457. The van der Waals surface area contributed by atoms with Gasteiger partial charge in [0.1, 0.15) is 6.04 Å². The van der Waals surface area contributed by atoms with Gasteiger partial charge in [0.2, 0.25) is 10.0 Å². The van der Waals surface area contributed by atoms with Crippen LogP contribution < -0.4 is 10.0 Å². The maximum atomic E-state index is 12.4. The van der Waals surface area contributed by atoms with Crippen LogP contribution in [0.4, 0.5) is 0 Å². The van der Waals surface area contributed by atoms with Crippen molar-refractivity contribution < 1.29 is 22.7 Å². The molecular formula is C24H26N2O5S. The predicted molar refractivity (Wildman–Crippen MR) is 122 cm³/mol. The highest BCUT2D eigenvalue weighted by Crippen LogP contribution is 2.23. The molecule has 0 aliphatic heterocycles. The molecule has 32 heavy (non-hydrogen) atoms. The van der Waals surface area contributed by atoms with Crippen LogP contribution >= 0.6 is 0 Å². The number of rotatable bonds is 8. The van der Waals surface area contributed by atoms with Crippen LogP contribution in [0.1, 0.15) is 31.0 Å². The van der Waals surface area contributed by atoms with Crippen molar-refractivity contribution >= 4 is 32.7 Å². The number of sulfonamides is 1. The summed E-state index contributed by atoms with van der Waals surface area (Å²) in [5, 5.41) is 4.90. The Hall–Kier alpha value is -3.23. The lowest BCUT2D eigenvalue weighted by Gasteiger charge is -2.17. The third kappa shape index (κ3) is 5.72. The number of carbonyl (C=O) groups is 2. The van der Waals surface area contributed by atoms with Crippen LogP contribution in [0.25, 0.3) is 10.8 Å². The zero-order valence-corrected chi connectivity index (χ0v) is 19.0. The number of carbonyl (C=O) groups excluding carboxylic acids is 2. The van der Waals surface area contributed by atoms with Gasteiger partial charge in [-0.1, -0.05) is 60.2 Å². The average Bonchev–Trinajstić information content (AvgIpc) is 2.77. The summed E-state index contributed by atoms with van der Waals surface area (Å²) in [5.41, 5.74) is 1.86. The normalized spacial score (nSPS) is 13.3. The van der Waals surface area contributed by atoms with Crippen molar-refractivity contribution in [3.8, 4) is 0 Å². The van der Waals surface area contributed by atoms with E-state index < -0.39 is 34.5 Å². The number of esters is 1. The molecule has 0 radical (unpaired) electrons. The van der Waals surface area contributed by atoms with Crippen molar-refractivity contribution in [1.82, 2.24) is 10.0 Å². The summed E-state index contributed by atoms with van der Waals surface area (Å²) >= 11 is 0. The van der Waals surface area contributed by atoms with Crippen LogP contribution in [0.15, 0.2) is 71.6 Å². The fourth-order valence-electron chi connectivity index (χ4n) is 3.32. The van der Waals surface area contributed by atoms with Crippen LogP contribution in [0.5, 0.6) is 0 Å². The van der Waals surface area contributed by atoms with Crippen molar-refractivity contribution in [3.05, 3.63) is 77.9 Å². The van der Waals surface area contributed by atoms with Crippen molar-refractivity contribution in [2.75, 3.05) is 6.61 Å². The largest absolute Gasteiger partial charge is 0.454 e. The van der Waals surface area contributed by atoms with Crippen LogP contribution in [0, 0.1) is 6.92 Å². The van der Waals surface area contributed by atoms with Gasteiger partial charge >= 0.3 is 5.97 Å². The Bertz CT molecular complexity index is 1220. The molecule has 0 aromatic heterocycles. The zero-order chi connectivity index (χ0) is 23.3. The van der Waals surface area contributed by atoms with Crippen molar-refractivity contribution in [1.29, 1.82) is 0 Å². The molecule has 3 aromatic carbocycles. The third-order valence-corrected chi connectivity index (χ3v) is 6.59. The van der Waals surface area contributed by atoms with E-state index in [0.717, 1.165) is 21.9 Å². The van der Waals surface area contributed by atoms with E-state index in [4.69, 9.17) is 4.74 Å². The number of hydrogen-bond acceptors (Lipinski definition) is 5. The van der Waals surface area contributed by atoms with Crippen LogP contribution in [-0.2, 0) is 24.3 Å². The highest BCUT2D eigenvalue weighted by molar-refractivity contribution is 7.89. The molecular weight excluding hydrogens is 428 g/mol. The molecule has 0 aliphatic rings. The van der Waals surface area contributed by atoms with Crippen LogP contribution in [0.3, 0.4) is 0 Å². The number of hydrogen-bond donors (Lipinski definition) is 2. The fourth-order valence-corrected chi connectivity index (χ4v) is 4.51. The summed E-state index contributed by atoms with van der Waals surface area (Å²) in [6.07, 6.45) is 0. The van der Waals surface area contributed by atoms with E-state index in [1.54, 1.807) is 12.1 Å². The van der Waals surface area contributed by atoms with E-state index in [9.17, 15) is 18.0 Å². The van der Waals surface area contributed by atoms with Gasteiger partial charge in [-0.2, -0.15) is 4.72 Å². The summed E-state index contributed by atoms with van der Waals surface area (Å²) in [6.45, 7) is 4.55. The van der Waals surface area contributed by atoms with E-state index in [2.05, 4.69) is 10.0 Å². The molecule has 1 unspecified atom stereocenters. The molecule has 0 aliphatic carbocycles. The summed E-state index contributed by atoms with van der Waals surface area (Å²) in [5.74, 6) is -1.32. The molecule has 2 N–H and O–H groups in total. The number of ether oxygens (including phenoxy) is 1. The maximum absolute atomic E-state index is 12.4. The van der Waals surface area contributed by atoms with Gasteiger partial charge in [-0.15, -0.1) is 0 Å². The lowest BCUT2D eigenvalue weighted by molar-refractivity contribution is -0.149. The van der Waals surface area contributed by atoms with Crippen LogP contribution in [-0.4, -0.2) is 32.9 Å². The molecule has 0 bridgehead atoms. The molecule has 3 aromatic rings. The molecule has 7 nitrogen and oxygen atoms in total. The number of aryl methyl sites for hydroxylation is 1. The van der Waals surface area contributed by atoms with E-state index in [1.165, 1.54) is 19.1 Å². The molecule has 2 atom stereocenters. The summed E-state index contributed by atoms with van der Waals surface area (Å²) in [4.78, 5) is 24.6. The van der Waals surface area contributed by atoms with Gasteiger partial charge in [0, 0.05) is 0 Å². The molecule has 0 spiro atoms. The minimum atomic E-state index is -3.89.